The van der Waals surface area contributed by atoms with Gasteiger partial charge in [0.1, 0.15) is 4.88 Å². The molecule has 0 radical (unpaired) electrons. The van der Waals surface area contributed by atoms with E-state index in [-0.39, 0.29) is 18.1 Å². The molecular weight excluding hydrogens is 388 g/mol. The highest BCUT2D eigenvalue weighted by Crippen LogP contribution is 2.40. The first-order valence-corrected chi connectivity index (χ1v) is 11.0. The van der Waals surface area contributed by atoms with Crippen molar-refractivity contribution in [3.05, 3.63) is 39.3 Å². The fraction of sp³-hybridized carbons (Fsp3) is 0.545. The Balaban J connectivity index is 1.52. The summed E-state index contributed by atoms with van der Waals surface area (Å²) in [4.78, 5) is 18.3. The smallest absolute Gasteiger partial charge is 0.263 e. The van der Waals surface area contributed by atoms with Crippen molar-refractivity contribution in [1.29, 1.82) is 0 Å². The van der Waals surface area contributed by atoms with E-state index in [1.165, 1.54) is 11.3 Å². The van der Waals surface area contributed by atoms with Gasteiger partial charge in [0.05, 0.1) is 10.7 Å². The third-order valence-corrected chi connectivity index (χ3v) is 6.83. The Kier molecular flexibility index (Phi) is 5.79. The average molecular weight is 417 g/mol. The maximum absolute atomic E-state index is 13.0. The highest BCUT2D eigenvalue weighted by molar-refractivity contribution is 7.13. The summed E-state index contributed by atoms with van der Waals surface area (Å²) in [6.45, 7) is 8.43. The first kappa shape index (κ1) is 20.2. The van der Waals surface area contributed by atoms with Gasteiger partial charge in [0.15, 0.2) is 11.5 Å². The molecule has 1 aromatic carbocycles. The Labute approximate surface area is 175 Å². The lowest BCUT2D eigenvalue weighted by Gasteiger charge is -2.38. The molecule has 2 aromatic rings. The molecule has 0 atom stereocenters. The van der Waals surface area contributed by atoms with Crippen LogP contribution in [0.3, 0.4) is 0 Å². The number of carbonyl (C=O) groups excluding carboxylic acids is 1. The summed E-state index contributed by atoms with van der Waals surface area (Å²) in [6.07, 6.45) is 2.61. The number of fused-ring (bicyclic) bond motifs is 1. The zero-order valence-corrected chi connectivity index (χ0v) is 18.1. The van der Waals surface area contributed by atoms with Crippen molar-refractivity contribution in [2.24, 2.45) is 5.92 Å². The Bertz CT molecular complexity index is 887. The molecule has 1 saturated heterocycles. The fourth-order valence-corrected chi connectivity index (χ4v) is 5.18. The van der Waals surface area contributed by atoms with E-state index >= 15 is 0 Å². The van der Waals surface area contributed by atoms with Gasteiger partial charge in [-0.05, 0) is 43.4 Å². The number of benzene rings is 1. The van der Waals surface area contributed by atoms with Crippen LogP contribution in [0.15, 0.2) is 18.2 Å². The van der Waals surface area contributed by atoms with Crippen LogP contribution in [-0.4, -0.2) is 37.4 Å². The van der Waals surface area contributed by atoms with E-state index in [2.05, 4.69) is 36.3 Å². The largest absolute Gasteiger partial charge is 0.454 e. The van der Waals surface area contributed by atoms with Crippen molar-refractivity contribution in [3.63, 3.8) is 0 Å². The number of rotatable bonds is 6. The van der Waals surface area contributed by atoms with Gasteiger partial charge in [-0.15, -0.1) is 11.3 Å². The topological polar surface area (TPSA) is 69.7 Å². The van der Waals surface area contributed by atoms with Crippen LogP contribution in [-0.2, 0) is 16.6 Å². The number of hydrogen-bond acceptors (Lipinski definition) is 6. The minimum atomic E-state index is -0.172. The predicted octanol–water partition coefficient (Wildman–Crippen LogP) is 3.86. The average Bonchev–Trinajstić information content (AvgIpc) is 3.32. The molecule has 156 valence electrons. The van der Waals surface area contributed by atoms with Crippen LogP contribution in [0, 0.1) is 12.8 Å². The number of amides is 1. The SMILES string of the molecule is Cc1nc(CC(C)C)sc1C(=O)NCC1(c2ccc3c(c2)OCO3)CCOCC1. The lowest BCUT2D eigenvalue weighted by Crippen LogP contribution is -2.44. The van der Waals surface area contributed by atoms with Gasteiger partial charge in [-0.3, -0.25) is 4.79 Å². The quantitative estimate of drug-likeness (QED) is 0.774. The second kappa shape index (κ2) is 8.32. The number of hydrogen-bond donors (Lipinski definition) is 1. The van der Waals surface area contributed by atoms with Gasteiger partial charge in [-0.2, -0.15) is 0 Å². The van der Waals surface area contributed by atoms with Gasteiger partial charge < -0.3 is 19.5 Å². The van der Waals surface area contributed by atoms with Gasteiger partial charge in [0.2, 0.25) is 6.79 Å². The number of ether oxygens (including phenoxy) is 3. The fourth-order valence-electron chi connectivity index (χ4n) is 3.99. The number of carbonyl (C=O) groups is 1. The Morgan fingerprint density at radius 3 is 2.76 bits per heavy atom. The minimum absolute atomic E-state index is 0.0402. The summed E-state index contributed by atoms with van der Waals surface area (Å²) in [7, 11) is 0. The number of thiazole rings is 1. The zero-order chi connectivity index (χ0) is 20.4. The van der Waals surface area contributed by atoms with E-state index in [0.29, 0.717) is 30.6 Å². The first-order chi connectivity index (χ1) is 14.0. The monoisotopic (exact) mass is 416 g/mol. The Morgan fingerprint density at radius 2 is 2.00 bits per heavy atom. The minimum Gasteiger partial charge on any atom is -0.454 e. The van der Waals surface area contributed by atoms with Crippen LogP contribution < -0.4 is 14.8 Å². The highest BCUT2D eigenvalue weighted by Gasteiger charge is 2.36. The molecule has 0 aliphatic carbocycles. The van der Waals surface area contributed by atoms with Crippen molar-refractivity contribution in [2.45, 2.75) is 45.4 Å². The molecule has 0 saturated carbocycles. The normalized spacial score (nSPS) is 17.5. The van der Waals surface area contributed by atoms with Crippen LogP contribution >= 0.6 is 11.3 Å². The third-order valence-electron chi connectivity index (χ3n) is 5.65. The van der Waals surface area contributed by atoms with E-state index < -0.39 is 0 Å². The predicted molar refractivity (Wildman–Crippen MR) is 112 cm³/mol. The standard InChI is InChI=1S/C22H28N2O4S/c1-14(2)10-19-24-15(3)20(29-19)21(25)23-12-22(6-8-26-9-7-22)16-4-5-17-18(11-16)28-13-27-17/h4-5,11,14H,6-10,12-13H2,1-3H3,(H,23,25). The Morgan fingerprint density at radius 1 is 1.24 bits per heavy atom. The van der Waals surface area contributed by atoms with Crippen LogP contribution in [0.25, 0.3) is 0 Å². The van der Waals surface area contributed by atoms with Crippen molar-refractivity contribution >= 4 is 17.2 Å². The van der Waals surface area contributed by atoms with Crippen LogP contribution in [0.4, 0.5) is 0 Å². The molecule has 7 heteroatoms. The highest BCUT2D eigenvalue weighted by atomic mass is 32.1. The van der Waals surface area contributed by atoms with Gasteiger partial charge in [-0.1, -0.05) is 19.9 Å². The summed E-state index contributed by atoms with van der Waals surface area (Å²) in [5, 5.41) is 4.21. The van der Waals surface area contributed by atoms with Gasteiger partial charge in [0.25, 0.3) is 5.91 Å². The summed E-state index contributed by atoms with van der Waals surface area (Å²) >= 11 is 1.51. The molecule has 1 amide bonds. The maximum Gasteiger partial charge on any atom is 0.263 e. The van der Waals surface area contributed by atoms with Crippen LogP contribution in [0.1, 0.15) is 52.6 Å². The van der Waals surface area contributed by atoms with E-state index in [0.717, 1.165) is 47.0 Å². The van der Waals surface area contributed by atoms with Gasteiger partial charge >= 0.3 is 0 Å². The summed E-state index contributed by atoms with van der Waals surface area (Å²) in [5.41, 5.74) is 1.80. The number of nitrogens with zero attached hydrogens (tertiary/aromatic N) is 1. The first-order valence-electron chi connectivity index (χ1n) is 10.2. The van der Waals surface area contributed by atoms with Crippen molar-refractivity contribution in [1.82, 2.24) is 10.3 Å². The summed E-state index contributed by atoms with van der Waals surface area (Å²) in [5.74, 6) is 2.03. The molecular formula is C22H28N2O4S. The van der Waals surface area contributed by atoms with Gasteiger partial charge in [0, 0.05) is 31.6 Å². The van der Waals surface area contributed by atoms with E-state index in [4.69, 9.17) is 14.2 Å². The lowest BCUT2D eigenvalue weighted by molar-refractivity contribution is 0.0487. The van der Waals surface area contributed by atoms with E-state index in [1.807, 2.05) is 13.0 Å². The summed E-state index contributed by atoms with van der Waals surface area (Å²) < 4.78 is 16.6. The Hall–Kier alpha value is -2.12. The molecule has 2 aliphatic rings. The van der Waals surface area contributed by atoms with Gasteiger partial charge in [-0.25, -0.2) is 4.98 Å². The molecule has 2 aliphatic heterocycles. The van der Waals surface area contributed by atoms with Crippen LogP contribution in [0.5, 0.6) is 11.5 Å². The van der Waals surface area contributed by atoms with E-state index in [9.17, 15) is 4.79 Å². The number of aryl methyl sites for hydroxylation is 1. The summed E-state index contributed by atoms with van der Waals surface area (Å²) in [6, 6.07) is 6.10. The molecule has 3 heterocycles. The molecule has 1 fully saturated rings. The zero-order valence-electron chi connectivity index (χ0n) is 17.2. The molecule has 1 aromatic heterocycles. The van der Waals surface area contributed by atoms with Crippen molar-refractivity contribution in [3.8, 4) is 11.5 Å². The van der Waals surface area contributed by atoms with Crippen LogP contribution in [0.2, 0.25) is 0 Å². The van der Waals surface area contributed by atoms with Crippen molar-refractivity contribution in [2.75, 3.05) is 26.6 Å². The third kappa shape index (κ3) is 4.26. The maximum atomic E-state index is 13.0. The molecule has 0 spiro atoms. The number of aromatic nitrogens is 1. The molecule has 0 unspecified atom stereocenters. The molecule has 0 bridgehead atoms. The van der Waals surface area contributed by atoms with E-state index in [1.54, 1.807) is 0 Å². The molecule has 1 N–H and O–H groups in total. The molecule has 29 heavy (non-hydrogen) atoms. The lowest BCUT2D eigenvalue weighted by atomic mass is 9.74. The second-order valence-corrected chi connectivity index (χ2v) is 9.35. The molecule has 6 nitrogen and oxygen atoms in total. The van der Waals surface area contributed by atoms with Crippen molar-refractivity contribution < 1.29 is 19.0 Å². The number of nitrogens with one attached hydrogen (secondary N) is 1. The second-order valence-electron chi connectivity index (χ2n) is 8.26. The molecule has 4 rings (SSSR count).